The molecule has 116 valence electrons. The molecule has 0 aromatic carbocycles. The normalized spacial score (nSPS) is 21.9. The number of aromatic nitrogens is 1. The predicted molar refractivity (Wildman–Crippen MR) is 81.9 cm³/mol. The SMILES string of the molecule is CCC1CCC(Nc2nc(NC)c(C(N)=O)cc2F)CC1. The molecule has 0 spiro atoms. The van der Waals surface area contributed by atoms with Crippen LogP contribution in [0.15, 0.2) is 6.07 Å². The number of nitrogens with zero attached hydrogens (tertiary/aromatic N) is 1. The van der Waals surface area contributed by atoms with Crippen molar-refractivity contribution in [1.29, 1.82) is 0 Å². The van der Waals surface area contributed by atoms with Gasteiger partial charge in [0.2, 0.25) is 0 Å². The molecule has 1 aliphatic rings. The summed E-state index contributed by atoms with van der Waals surface area (Å²) in [6.45, 7) is 2.21. The predicted octanol–water partition coefficient (Wildman–Crippen LogP) is 2.74. The van der Waals surface area contributed by atoms with Crippen molar-refractivity contribution in [2.24, 2.45) is 11.7 Å². The van der Waals surface area contributed by atoms with E-state index in [9.17, 15) is 9.18 Å². The van der Waals surface area contributed by atoms with E-state index in [4.69, 9.17) is 5.73 Å². The van der Waals surface area contributed by atoms with E-state index in [1.807, 2.05) is 0 Å². The van der Waals surface area contributed by atoms with Crippen LogP contribution >= 0.6 is 0 Å². The van der Waals surface area contributed by atoms with E-state index in [0.29, 0.717) is 5.82 Å². The standard InChI is InChI=1S/C15H23FN4O/c1-3-9-4-6-10(7-5-9)19-15-12(16)8-11(13(17)21)14(18-2)20-15/h8-10H,3-7H2,1-2H3,(H2,17,21)(H2,18,19,20). The van der Waals surface area contributed by atoms with Crippen LogP contribution in [0, 0.1) is 11.7 Å². The molecule has 2 rings (SSSR count). The number of halogens is 1. The van der Waals surface area contributed by atoms with Crippen molar-refractivity contribution in [1.82, 2.24) is 4.98 Å². The summed E-state index contributed by atoms with van der Waals surface area (Å²) in [5.74, 6) is 0.0325. The molecule has 5 nitrogen and oxygen atoms in total. The Labute approximate surface area is 124 Å². The fourth-order valence-electron chi connectivity index (χ4n) is 2.88. The zero-order valence-corrected chi connectivity index (χ0v) is 12.6. The van der Waals surface area contributed by atoms with Gasteiger partial charge in [0.25, 0.3) is 5.91 Å². The van der Waals surface area contributed by atoms with Gasteiger partial charge in [-0.2, -0.15) is 0 Å². The Balaban J connectivity index is 2.12. The highest BCUT2D eigenvalue weighted by Crippen LogP contribution is 2.29. The molecule has 0 radical (unpaired) electrons. The zero-order chi connectivity index (χ0) is 15.4. The number of nitrogens with two attached hydrogens (primary N) is 1. The van der Waals surface area contributed by atoms with E-state index >= 15 is 0 Å². The summed E-state index contributed by atoms with van der Waals surface area (Å²) in [7, 11) is 1.63. The number of hydrogen-bond donors (Lipinski definition) is 3. The minimum atomic E-state index is -0.694. The van der Waals surface area contributed by atoms with Crippen LogP contribution in [-0.4, -0.2) is 24.0 Å². The third kappa shape index (κ3) is 3.62. The fraction of sp³-hybridized carbons (Fsp3) is 0.600. The quantitative estimate of drug-likeness (QED) is 0.780. The second-order valence-corrected chi connectivity index (χ2v) is 5.60. The summed E-state index contributed by atoms with van der Waals surface area (Å²) in [4.78, 5) is 15.4. The highest BCUT2D eigenvalue weighted by Gasteiger charge is 2.22. The number of anilines is 2. The second kappa shape index (κ2) is 6.74. The molecule has 1 aromatic rings. The van der Waals surface area contributed by atoms with Gasteiger partial charge in [0.1, 0.15) is 5.82 Å². The van der Waals surface area contributed by atoms with Gasteiger partial charge < -0.3 is 16.4 Å². The summed E-state index contributed by atoms with van der Waals surface area (Å²) in [6.07, 6.45) is 5.57. The smallest absolute Gasteiger partial charge is 0.252 e. The number of nitrogens with one attached hydrogen (secondary N) is 2. The summed E-state index contributed by atoms with van der Waals surface area (Å²) < 4.78 is 14.1. The van der Waals surface area contributed by atoms with Gasteiger partial charge in [-0.1, -0.05) is 13.3 Å². The maximum Gasteiger partial charge on any atom is 0.252 e. The molecule has 0 saturated heterocycles. The Hall–Kier alpha value is -1.85. The lowest BCUT2D eigenvalue weighted by Crippen LogP contribution is -2.27. The van der Waals surface area contributed by atoms with Crippen LogP contribution in [0.5, 0.6) is 0 Å². The maximum atomic E-state index is 14.1. The molecule has 0 atom stereocenters. The number of carbonyl (C=O) groups is 1. The molecule has 0 unspecified atom stereocenters. The third-order valence-corrected chi connectivity index (χ3v) is 4.24. The number of hydrogen-bond acceptors (Lipinski definition) is 4. The van der Waals surface area contributed by atoms with Gasteiger partial charge in [0.05, 0.1) is 5.56 Å². The van der Waals surface area contributed by atoms with Crippen LogP contribution < -0.4 is 16.4 Å². The van der Waals surface area contributed by atoms with E-state index < -0.39 is 11.7 Å². The van der Waals surface area contributed by atoms with Gasteiger partial charge in [-0.15, -0.1) is 0 Å². The molecular weight excluding hydrogens is 271 g/mol. The molecule has 0 aliphatic heterocycles. The van der Waals surface area contributed by atoms with Crippen molar-refractivity contribution in [3.63, 3.8) is 0 Å². The molecule has 4 N–H and O–H groups in total. The minimum absolute atomic E-state index is 0.0650. The third-order valence-electron chi connectivity index (χ3n) is 4.24. The Kier molecular flexibility index (Phi) is 4.98. The van der Waals surface area contributed by atoms with Crippen LogP contribution in [0.3, 0.4) is 0 Å². The topological polar surface area (TPSA) is 80.0 Å². The largest absolute Gasteiger partial charge is 0.372 e. The Morgan fingerprint density at radius 2 is 2.05 bits per heavy atom. The van der Waals surface area contributed by atoms with Crippen LogP contribution in [0.1, 0.15) is 49.4 Å². The van der Waals surface area contributed by atoms with Gasteiger partial charge >= 0.3 is 0 Å². The van der Waals surface area contributed by atoms with E-state index in [-0.39, 0.29) is 17.4 Å². The Bertz CT molecular complexity index is 513. The van der Waals surface area contributed by atoms with Gasteiger partial charge in [0.15, 0.2) is 11.6 Å². The number of amides is 1. The molecule has 0 bridgehead atoms. The molecule has 21 heavy (non-hydrogen) atoms. The zero-order valence-electron chi connectivity index (χ0n) is 12.6. The van der Waals surface area contributed by atoms with Crippen molar-refractivity contribution in [2.45, 2.75) is 45.1 Å². The van der Waals surface area contributed by atoms with E-state index in [1.54, 1.807) is 7.05 Å². The molecular formula is C15H23FN4O. The molecule has 1 saturated carbocycles. The van der Waals surface area contributed by atoms with E-state index in [2.05, 4.69) is 22.5 Å². The Morgan fingerprint density at radius 3 is 2.57 bits per heavy atom. The molecule has 1 heterocycles. The van der Waals surface area contributed by atoms with Crippen molar-refractivity contribution in [3.8, 4) is 0 Å². The minimum Gasteiger partial charge on any atom is -0.372 e. The summed E-state index contributed by atoms with van der Waals surface area (Å²) >= 11 is 0. The summed E-state index contributed by atoms with van der Waals surface area (Å²) in [5, 5.41) is 5.94. The monoisotopic (exact) mass is 294 g/mol. The van der Waals surface area contributed by atoms with Crippen molar-refractivity contribution in [2.75, 3.05) is 17.7 Å². The van der Waals surface area contributed by atoms with Crippen LogP contribution in [0.25, 0.3) is 0 Å². The first kappa shape index (κ1) is 15.5. The molecule has 1 amide bonds. The van der Waals surface area contributed by atoms with Gasteiger partial charge in [-0.3, -0.25) is 4.79 Å². The first-order valence-corrected chi connectivity index (χ1v) is 7.49. The molecule has 6 heteroatoms. The van der Waals surface area contributed by atoms with E-state index in [0.717, 1.165) is 37.7 Å². The Morgan fingerprint density at radius 1 is 1.38 bits per heavy atom. The molecule has 1 fully saturated rings. The van der Waals surface area contributed by atoms with Gasteiger partial charge in [-0.25, -0.2) is 9.37 Å². The van der Waals surface area contributed by atoms with Crippen LogP contribution in [0.4, 0.5) is 16.0 Å². The van der Waals surface area contributed by atoms with Crippen LogP contribution in [0.2, 0.25) is 0 Å². The average Bonchev–Trinajstić information content (AvgIpc) is 2.49. The molecule has 1 aliphatic carbocycles. The highest BCUT2D eigenvalue weighted by atomic mass is 19.1. The van der Waals surface area contributed by atoms with Crippen molar-refractivity contribution < 1.29 is 9.18 Å². The van der Waals surface area contributed by atoms with Gasteiger partial charge in [0, 0.05) is 13.1 Å². The lowest BCUT2D eigenvalue weighted by molar-refractivity contribution is 0.100. The molecule has 1 aromatic heterocycles. The number of pyridine rings is 1. The lowest BCUT2D eigenvalue weighted by atomic mass is 9.84. The average molecular weight is 294 g/mol. The maximum absolute atomic E-state index is 14.1. The summed E-state index contributed by atoms with van der Waals surface area (Å²) in [6, 6.07) is 1.38. The first-order chi connectivity index (χ1) is 10.0. The van der Waals surface area contributed by atoms with Crippen molar-refractivity contribution >= 4 is 17.5 Å². The summed E-state index contributed by atoms with van der Waals surface area (Å²) in [5.41, 5.74) is 5.28. The van der Waals surface area contributed by atoms with E-state index in [1.165, 1.54) is 6.42 Å². The number of rotatable bonds is 5. The van der Waals surface area contributed by atoms with Crippen LogP contribution in [-0.2, 0) is 0 Å². The second-order valence-electron chi connectivity index (χ2n) is 5.60. The highest BCUT2D eigenvalue weighted by molar-refractivity contribution is 5.97. The van der Waals surface area contributed by atoms with Gasteiger partial charge in [-0.05, 0) is 37.7 Å². The fourth-order valence-corrected chi connectivity index (χ4v) is 2.88. The number of carbonyl (C=O) groups excluding carboxylic acids is 1. The first-order valence-electron chi connectivity index (χ1n) is 7.49. The van der Waals surface area contributed by atoms with Crippen molar-refractivity contribution in [3.05, 3.63) is 17.4 Å². The number of primary amides is 1. The lowest BCUT2D eigenvalue weighted by Gasteiger charge is -2.29.